The number of rotatable bonds is 6. The molecule has 0 unspecified atom stereocenters. The summed E-state index contributed by atoms with van der Waals surface area (Å²) in [5.74, 6) is -0.658. The Kier molecular flexibility index (Phi) is 6.23. The van der Waals surface area contributed by atoms with E-state index in [-0.39, 0.29) is 12.5 Å². The summed E-state index contributed by atoms with van der Waals surface area (Å²) in [6.07, 6.45) is 0. The average molecular weight is 413 g/mol. The summed E-state index contributed by atoms with van der Waals surface area (Å²) in [6, 6.07) is 9.64. The smallest absolute Gasteiger partial charge is 0.251 e. The van der Waals surface area contributed by atoms with Gasteiger partial charge in [0, 0.05) is 16.5 Å². The molecule has 0 fully saturated rings. The number of ether oxygens (including phenoxy) is 1. The van der Waals surface area contributed by atoms with Crippen molar-refractivity contribution < 1.29 is 18.7 Å². The number of nitrogens with one attached hydrogen (secondary N) is 2. The predicted octanol–water partition coefficient (Wildman–Crippen LogP) is 3.94. The van der Waals surface area contributed by atoms with Crippen LogP contribution < -0.4 is 15.4 Å². The van der Waals surface area contributed by atoms with Gasteiger partial charge in [-0.05, 0) is 44.2 Å². The Bertz CT molecular complexity index is 1040. The fraction of sp³-hybridized carbons (Fsp3) is 0.190. The number of amides is 2. The highest BCUT2D eigenvalue weighted by Crippen LogP contribution is 2.32. The number of aryl methyl sites for hydroxylation is 2. The third-order valence-electron chi connectivity index (χ3n) is 4.08. The van der Waals surface area contributed by atoms with E-state index in [4.69, 9.17) is 4.74 Å². The van der Waals surface area contributed by atoms with Crippen molar-refractivity contribution in [3.63, 3.8) is 0 Å². The highest BCUT2D eigenvalue weighted by Gasteiger charge is 2.14. The maximum Gasteiger partial charge on any atom is 0.251 e. The zero-order chi connectivity index (χ0) is 21.0. The number of benzene rings is 2. The van der Waals surface area contributed by atoms with E-state index in [0.717, 1.165) is 11.1 Å². The summed E-state index contributed by atoms with van der Waals surface area (Å²) >= 11 is 1.20. The molecular weight excluding hydrogens is 393 g/mol. The van der Waals surface area contributed by atoms with Crippen molar-refractivity contribution >= 4 is 28.3 Å². The van der Waals surface area contributed by atoms with Gasteiger partial charge in [0.2, 0.25) is 5.91 Å². The maximum absolute atomic E-state index is 13.6. The molecule has 0 spiro atoms. The van der Waals surface area contributed by atoms with Crippen LogP contribution in [0.1, 0.15) is 21.5 Å². The molecule has 3 aromatic rings. The molecule has 0 atom stereocenters. The van der Waals surface area contributed by atoms with E-state index in [0.29, 0.717) is 27.7 Å². The first-order valence-corrected chi connectivity index (χ1v) is 9.69. The molecular formula is C21H20FN3O3S. The lowest BCUT2D eigenvalue weighted by Crippen LogP contribution is -2.32. The summed E-state index contributed by atoms with van der Waals surface area (Å²) in [4.78, 5) is 28.7. The normalized spacial score (nSPS) is 10.5. The molecule has 0 saturated heterocycles. The van der Waals surface area contributed by atoms with E-state index in [9.17, 15) is 14.0 Å². The fourth-order valence-corrected chi connectivity index (χ4v) is 3.59. The highest BCUT2D eigenvalue weighted by molar-refractivity contribution is 7.14. The third-order valence-corrected chi connectivity index (χ3v) is 4.84. The topological polar surface area (TPSA) is 80.3 Å². The number of carbonyl (C=O) groups excluding carboxylic acids is 2. The lowest BCUT2D eigenvalue weighted by molar-refractivity contribution is -0.115. The molecule has 150 valence electrons. The van der Waals surface area contributed by atoms with Crippen LogP contribution in [0.3, 0.4) is 0 Å². The van der Waals surface area contributed by atoms with Crippen LogP contribution in [0, 0.1) is 19.7 Å². The van der Waals surface area contributed by atoms with Crippen molar-refractivity contribution in [2.45, 2.75) is 13.8 Å². The average Bonchev–Trinajstić information content (AvgIpc) is 3.13. The standard InChI is InChI=1S/C21H20FN3O3S/c1-12-6-13(2)8-14(7-12)20(27)23-10-19(26)25-21-24-17(11-29-21)16-9-15(22)4-5-18(16)28-3/h4-9,11H,10H2,1-3H3,(H,23,27)(H,24,25,26). The third kappa shape index (κ3) is 5.17. The van der Waals surface area contributed by atoms with E-state index in [1.807, 2.05) is 19.9 Å². The summed E-state index contributed by atoms with van der Waals surface area (Å²) in [6.45, 7) is 3.62. The molecule has 0 aliphatic heterocycles. The van der Waals surface area contributed by atoms with Gasteiger partial charge in [-0.1, -0.05) is 17.2 Å². The summed E-state index contributed by atoms with van der Waals surface area (Å²) in [5, 5.41) is 7.27. The van der Waals surface area contributed by atoms with Crippen LogP contribution in [0.5, 0.6) is 5.75 Å². The number of nitrogens with zero attached hydrogens (tertiary/aromatic N) is 1. The first kappa shape index (κ1) is 20.5. The van der Waals surface area contributed by atoms with Crippen LogP contribution in [0.25, 0.3) is 11.3 Å². The molecule has 0 aliphatic carbocycles. The molecule has 2 N–H and O–H groups in total. The van der Waals surface area contributed by atoms with Gasteiger partial charge in [0.1, 0.15) is 11.6 Å². The Hall–Kier alpha value is -3.26. The van der Waals surface area contributed by atoms with Crippen molar-refractivity contribution in [1.29, 1.82) is 0 Å². The fourth-order valence-electron chi connectivity index (χ4n) is 2.87. The van der Waals surface area contributed by atoms with Gasteiger partial charge in [0.15, 0.2) is 5.13 Å². The number of anilines is 1. The van der Waals surface area contributed by atoms with Crippen LogP contribution in [-0.4, -0.2) is 30.5 Å². The number of hydrogen-bond acceptors (Lipinski definition) is 5. The molecule has 29 heavy (non-hydrogen) atoms. The zero-order valence-electron chi connectivity index (χ0n) is 16.2. The first-order valence-electron chi connectivity index (χ1n) is 8.81. The second-order valence-electron chi connectivity index (χ2n) is 6.49. The zero-order valence-corrected chi connectivity index (χ0v) is 17.0. The van der Waals surface area contributed by atoms with Gasteiger partial charge >= 0.3 is 0 Å². The second-order valence-corrected chi connectivity index (χ2v) is 7.35. The van der Waals surface area contributed by atoms with Gasteiger partial charge in [-0.3, -0.25) is 9.59 Å². The van der Waals surface area contributed by atoms with Crippen LogP contribution in [0.4, 0.5) is 9.52 Å². The lowest BCUT2D eigenvalue weighted by atomic mass is 10.1. The van der Waals surface area contributed by atoms with Gasteiger partial charge in [-0.25, -0.2) is 9.37 Å². The molecule has 0 radical (unpaired) electrons. The molecule has 1 heterocycles. The molecule has 6 nitrogen and oxygen atoms in total. The van der Waals surface area contributed by atoms with Gasteiger partial charge in [0.25, 0.3) is 5.91 Å². The van der Waals surface area contributed by atoms with Gasteiger partial charge in [-0.15, -0.1) is 11.3 Å². The SMILES string of the molecule is COc1ccc(F)cc1-c1csc(NC(=O)CNC(=O)c2cc(C)cc(C)c2)n1. The molecule has 3 rings (SSSR count). The van der Waals surface area contributed by atoms with E-state index < -0.39 is 11.7 Å². The van der Waals surface area contributed by atoms with Crippen molar-refractivity contribution in [3.8, 4) is 17.0 Å². The van der Waals surface area contributed by atoms with Crippen LogP contribution in [-0.2, 0) is 4.79 Å². The predicted molar refractivity (Wildman–Crippen MR) is 111 cm³/mol. The Morgan fingerprint density at radius 2 is 1.86 bits per heavy atom. The number of halogens is 1. The van der Waals surface area contributed by atoms with Crippen molar-refractivity contribution in [1.82, 2.24) is 10.3 Å². The highest BCUT2D eigenvalue weighted by atomic mass is 32.1. The largest absolute Gasteiger partial charge is 0.496 e. The first-order chi connectivity index (χ1) is 13.9. The van der Waals surface area contributed by atoms with E-state index >= 15 is 0 Å². The minimum atomic E-state index is -0.409. The number of thiazole rings is 1. The second kappa shape index (κ2) is 8.83. The Morgan fingerprint density at radius 1 is 1.14 bits per heavy atom. The quantitative estimate of drug-likeness (QED) is 0.641. The van der Waals surface area contributed by atoms with Crippen molar-refractivity contribution in [2.24, 2.45) is 0 Å². The lowest BCUT2D eigenvalue weighted by Gasteiger charge is -2.07. The van der Waals surface area contributed by atoms with Crippen molar-refractivity contribution in [3.05, 3.63) is 64.3 Å². The minimum absolute atomic E-state index is 0.190. The number of methoxy groups -OCH3 is 1. The monoisotopic (exact) mass is 413 g/mol. The number of hydrogen-bond donors (Lipinski definition) is 2. The summed E-state index contributed by atoms with van der Waals surface area (Å²) in [5.41, 5.74) is 3.43. The van der Waals surface area contributed by atoms with Crippen LogP contribution >= 0.6 is 11.3 Å². The number of aromatic nitrogens is 1. The molecule has 2 amide bonds. The molecule has 2 aromatic carbocycles. The molecule has 0 aliphatic rings. The number of carbonyl (C=O) groups is 2. The van der Waals surface area contributed by atoms with Gasteiger partial charge in [0.05, 0.1) is 19.3 Å². The molecule has 8 heteroatoms. The minimum Gasteiger partial charge on any atom is -0.496 e. The van der Waals surface area contributed by atoms with Crippen molar-refractivity contribution in [2.75, 3.05) is 19.0 Å². The Labute approximate surface area is 171 Å². The molecule has 0 saturated carbocycles. The van der Waals surface area contributed by atoms with Crippen LogP contribution in [0.15, 0.2) is 41.8 Å². The van der Waals surface area contributed by atoms with Crippen LogP contribution in [0.2, 0.25) is 0 Å². The molecule has 1 aromatic heterocycles. The van der Waals surface area contributed by atoms with Gasteiger partial charge < -0.3 is 15.4 Å². The Balaban J connectivity index is 1.62. The molecule has 0 bridgehead atoms. The van der Waals surface area contributed by atoms with E-state index in [1.165, 1.54) is 36.6 Å². The van der Waals surface area contributed by atoms with Gasteiger partial charge in [-0.2, -0.15) is 0 Å². The summed E-state index contributed by atoms with van der Waals surface area (Å²) in [7, 11) is 1.49. The van der Waals surface area contributed by atoms with E-state index in [1.54, 1.807) is 17.5 Å². The summed E-state index contributed by atoms with van der Waals surface area (Å²) < 4.78 is 18.8. The van der Waals surface area contributed by atoms with E-state index in [2.05, 4.69) is 15.6 Å². The maximum atomic E-state index is 13.6. The Morgan fingerprint density at radius 3 is 2.55 bits per heavy atom.